The number of rotatable bonds is 3. The molecule has 2 heterocycles. The lowest BCUT2D eigenvalue weighted by Crippen LogP contribution is -2.26. The van der Waals surface area contributed by atoms with Gasteiger partial charge in [-0.15, -0.1) is 0 Å². The first-order valence-electron chi connectivity index (χ1n) is 7.25. The van der Waals surface area contributed by atoms with Crippen molar-refractivity contribution in [1.82, 2.24) is 19.5 Å². The summed E-state index contributed by atoms with van der Waals surface area (Å²) in [4.78, 5) is 24.5. The van der Waals surface area contributed by atoms with Gasteiger partial charge >= 0.3 is 0 Å². The zero-order valence-electron chi connectivity index (χ0n) is 12.0. The van der Waals surface area contributed by atoms with E-state index in [1.807, 2.05) is 0 Å². The van der Waals surface area contributed by atoms with Gasteiger partial charge in [0.05, 0.1) is 11.4 Å². The first-order chi connectivity index (χ1) is 10.2. The molecule has 1 saturated carbocycles. The van der Waals surface area contributed by atoms with E-state index in [9.17, 15) is 4.79 Å². The van der Waals surface area contributed by atoms with E-state index in [-0.39, 0.29) is 11.7 Å². The van der Waals surface area contributed by atoms with Gasteiger partial charge in [-0.05, 0) is 31.7 Å². The molecule has 1 aliphatic carbocycles. The molecule has 0 radical (unpaired) electrons. The molecule has 0 unspecified atom stereocenters. The number of aromatic nitrogens is 4. The summed E-state index contributed by atoms with van der Waals surface area (Å²) in [7, 11) is 1.68. The summed E-state index contributed by atoms with van der Waals surface area (Å²) in [5.74, 6) is 0. The Kier molecular flexibility index (Phi) is 3.94. The Bertz CT molecular complexity index is 663. The maximum Gasteiger partial charge on any atom is 0.299 e. The molecule has 1 fully saturated rings. The molecule has 2 aromatic heterocycles. The summed E-state index contributed by atoms with van der Waals surface area (Å²) >= 11 is 0. The maximum atomic E-state index is 12.1. The normalized spacial score (nSPS) is 15.9. The molecule has 0 amide bonds. The van der Waals surface area contributed by atoms with Crippen molar-refractivity contribution in [3.8, 4) is 17.4 Å². The van der Waals surface area contributed by atoms with E-state index in [2.05, 4.69) is 15.0 Å². The van der Waals surface area contributed by atoms with Crippen molar-refractivity contribution in [3.05, 3.63) is 35.0 Å². The van der Waals surface area contributed by atoms with Crippen LogP contribution in [0.3, 0.4) is 0 Å². The monoisotopic (exact) mass is 286 g/mol. The average molecular weight is 286 g/mol. The second-order valence-electron chi connectivity index (χ2n) is 5.29. The van der Waals surface area contributed by atoms with Gasteiger partial charge in [0.1, 0.15) is 12.4 Å². The molecule has 0 spiro atoms. The quantitative estimate of drug-likeness (QED) is 0.862. The van der Waals surface area contributed by atoms with Crippen LogP contribution < -0.4 is 10.3 Å². The van der Waals surface area contributed by atoms with Crippen molar-refractivity contribution in [1.29, 1.82) is 0 Å². The van der Waals surface area contributed by atoms with Gasteiger partial charge in [-0.1, -0.05) is 6.42 Å². The molecule has 6 nitrogen and oxygen atoms in total. The van der Waals surface area contributed by atoms with Gasteiger partial charge in [-0.3, -0.25) is 9.36 Å². The third-order valence-electron chi connectivity index (χ3n) is 3.76. The maximum absolute atomic E-state index is 12.1. The van der Waals surface area contributed by atoms with Crippen LogP contribution in [-0.2, 0) is 7.05 Å². The van der Waals surface area contributed by atoms with Crippen LogP contribution >= 0.6 is 0 Å². The highest BCUT2D eigenvalue weighted by atomic mass is 16.5. The van der Waals surface area contributed by atoms with E-state index >= 15 is 0 Å². The minimum Gasteiger partial charge on any atom is -0.461 e. The van der Waals surface area contributed by atoms with Crippen molar-refractivity contribution in [2.45, 2.75) is 38.2 Å². The van der Waals surface area contributed by atoms with Crippen LogP contribution in [0.15, 0.2) is 29.5 Å². The van der Waals surface area contributed by atoms with Gasteiger partial charge < -0.3 is 4.74 Å². The second-order valence-corrected chi connectivity index (χ2v) is 5.29. The largest absolute Gasteiger partial charge is 0.461 e. The van der Waals surface area contributed by atoms with Gasteiger partial charge in [0, 0.05) is 19.3 Å². The average Bonchev–Trinajstić information content (AvgIpc) is 2.53. The van der Waals surface area contributed by atoms with Crippen molar-refractivity contribution in [2.24, 2.45) is 7.05 Å². The van der Waals surface area contributed by atoms with Crippen molar-refractivity contribution in [3.63, 3.8) is 0 Å². The van der Waals surface area contributed by atoms with Gasteiger partial charge in [0.25, 0.3) is 11.6 Å². The van der Waals surface area contributed by atoms with Crippen LogP contribution in [0.5, 0.6) is 6.01 Å². The molecule has 2 aromatic rings. The smallest absolute Gasteiger partial charge is 0.299 e. The molecule has 0 saturated heterocycles. The predicted molar refractivity (Wildman–Crippen MR) is 78.0 cm³/mol. The molecule has 0 aromatic carbocycles. The fraction of sp³-hybridized carbons (Fsp3) is 0.467. The van der Waals surface area contributed by atoms with E-state index < -0.39 is 0 Å². The number of hydrogen-bond donors (Lipinski definition) is 0. The standard InChI is InChI=1S/C15H18N4O2/c1-19-14(20)9-13(12-7-8-16-10-17-12)18-15(19)21-11-5-3-2-4-6-11/h7-11H,2-6H2,1H3. The Morgan fingerprint density at radius 3 is 2.76 bits per heavy atom. The van der Waals surface area contributed by atoms with Gasteiger partial charge in [0.15, 0.2) is 0 Å². The van der Waals surface area contributed by atoms with Gasteiger partial charge in [0.2, 0.25) is 0 Å². The van der Waals surface area contributed by atoms with Crippen molar-refractivity contribution >= 4 is 0 Å². The molecule has 21 heavy (non-hydrogen) atoms. The lowest BCUT2D eigenvalue weighted by Gasteiger charge is -2.23. The summed E-state index contributed by atoms with van der Waals surface area (Å²) in [6.07, 6.45) is 8.86. The Hall–Kier alpha value is -2.24. The van der Waals surface area contributed by atoms with E-state index in [0.29, 0.717) is 17.4 Å². The SMILES string of the molecule is Cn1c(OC2CCCCC2)nc(-c2ccncn2)cc1=O. The third kappa shape index (κ3) is 3.09. The summed E-state index contributed by atoms with van der Waals surface area (Å²) in [6.45, 7) is 0. The molecule has 0 atom stereocenters. The third-order valence-corrected chi connectivity index (χ3v) is 3.76. The van der Waals surface area contributed by atoms with E-state index in [1.165, 1.54) is 36.2 Å². The molecule has 0 aliphatic heterocycles. The van der Waals surface area contributed by atoms with Crippen molar-refractivity contribution in [2.75, 3.05) is 0 Å². The van der Waals surface area contributed by atoms with Crippen LogP contribution in [0.4, 0.5) is 0 Å². The Morgan fingerprint density at radius 2 is 2.05 bits per heavy atom. The molecule has 1 aliphatic rings. The first-order valence-corrected chi connectivity index (χ1v) is 7.25. The summed E-state index contributed by atoms with van der Waals surface area (Å²) in [5.41, 5.74) is 0.993. The highest BCUT2D eigenvalue weighted by Gasteiger charge is 2.18. The highest BCUT2D eigenvalue weighted by molar-refractivity contribution is 5.52. The van der Waals surface area contributed by atoms with E-state index in [1.54, 1.807) is 19.3 Å². The van der Waals surface area contributed by atoms with Crippen LogP contribution in [0.1, 0.15) is 32.1 Å². The first kappa shape index (κ1) is 13.7. The Balaban J connectivity index is 1.92. The second kappa shape index (κ2) is 6.03. The summed E-state index contributed by atoms with van der Waals surface area (Å²) in [5, 5.41) is 0. The number of hydrogen-bond acceptors (Lipinski definition) is 5. The highest BCUT2D eigenvalue weighted by Crippen LogP contribution is 2.22. The molecule has 0 bridgehead atoms. The molecule has 0 N–H and O–H groups in total. The Morgan fingerprint density at radius 1 is 1.24 bits per heavy atom. The minimum atomic E-state index is -0.149. The van der Waals surface area contributed by atoms with Crippen LogP contribution in [-0.4, -0.2) is 25.6 Å². The van der Waals surface area contributed by atoms with Crippen LogP contribution in [0.2, 0.25) is 0 Å². The lowest BCUT2D eigenvalue weighted by atomic mass is 9.98. The lowest BCUT2D eigenvalue weighted by molar-refractivity contribution is 0.135. The molecular formula is C15H18N4O2. The zero-order valence-corrected chi connectivity index (χ0v) is 12.0. The molecule has 110 valence electrons. The fourth-order valence-electron chi connectivity index (χ4n) is 2.53. The van der Waals surface area contributed by atoms with E-state index in [0.717, 1.165) is 12.8 Å². The fourth-order valence-corrected chi connectivity index (χ4v) is 2.53. The van der Waals surface area contributed by atoms with Crippen molar-refractivity contribution < 1.29 is 4.74 Å². The minimum absolute atomic E-state index is 0.149. The topological polar surface area (TPSA) is 69.9 Å². The summed E-state index contributed by atoms with van der Waals surface area (Å²) in [6, 6.07) is 3.56. The Labute approximate surface area is 122 Å². The van der Waals surface area contributed by atoms with Gasteiger partial charge in [-0.2, -0.15) is 4.98 Å². The van der Waals surface area contributed by atoms with Crippen LogP contribution in [0, 0.1) is 0 Å². The molecular weight excluding hydrogens is 268 g/mol. The number of ether oxygens (including phenoxy) is 1. The summed E-state index contributed by atoms with van der Waals surface area (Å²) < 4.78 is 7.38. The molecule has 3 rings (SSSR count). The molecule has 6 heteroatoms. The van der Waals surface area contributed by atoms with Gasteiger partial charge in [-0.25, -0.2) is 9.97 Å². The van der Waals surface area contributed by atoms with Crippen LogP contribution in [0.25, 0.3) is 11.4 Å². The van der Waals surface area contributed by atoms with E-state index in [4.69, 9.17) is 4.74 Å². The zero-order chi connectivity index (χ0) is 14.7. The predicted octanol–water partition coefficient (Wildman–Crippen LogP) is 1.95. The number of nitrogens with zero attached hydrogens (tertiary/aromatic N) is 4.